The molecule has 2 aromatic carbocycles. The largest absolute Gasteiger partial charge is 1.00 e. The van der Waals surface area contributed by atoms with Crippen LogP contribution >= 0.6 is 39.1 Å². The Hall–Kier alpha value is -3.60. The zero-order valence-corrected chi connectivity index (χ0v) is 60.1. The molecular formula is C60H76BBrCl2F15KN6O10. The zero-order chi connectivity index (χ0) is 71.7. The van der Waals surface area contributed by atoms with Gasteiger partial charge in [0.05, 0.1) is 5.92 Å². The zero-order valence-electron chi connectivity index (χ0n) is 53.9. The smallest absolute Gasteiger partial charge is 0.460 e. The van der Waals surface area contributed by atoms with Gasteiger partial charge in [-0.15, -0.1) is 0 Å². The second kappa shape index (κ2) is 34.4. The molecule has 6 fully saturated rings. The maximum Gasteiger partial charge on any atom is 1.00 e. The normalized spacial score (nSPS) is 19.3. The fourth-order valence-electron chi connectivity index (χ4n) is 12.8. The summed E-state index contributed by atoms with van der Waals surface area (Å²) in [6.45, 7) is 10.9. The van der Waals surface area contributed by atoms with Crippen LogP contribution in [0.2, 0.25) is 10.0 Å². The van der Waals surface area contributed by atoms with Crippen LogP contribution in [0.1, 0.15) is 145 Å². The number of carbonyl (C=O) groups excluding carboxylic acids is 7. The van der Waals surface area contributed by atoms with E-state index in [0.29, 0.717) is 103 Å². The minimum atomic E-state index is -5.78. The molecule has 6 aliphatic rings. The minimum Gasteiger partial charge on any atom is -0.460 e. The first-order valence-corrected chi connectivity index (χ1v) is 32.1. The summed E-state index contributed by atoms with van der Waals surface area (Å²) in [6, 6.07) is 10.1. The van der Waals surface area contributed by atoms with Gasteiger partial charge in [0.1, 0.15) is 5.60 Å². The maximum atomic E-state index is 13.8. The molecule has 16 nitrogen and oxygen atoms in total. The van der Waals surface area contributed by atoms with Crippen LogP contribution in [-0.4, -0.2) is 198 Å². The SMILES string of the molecule is CC(C)(C)C1CCN(Cc2cc(Cl)cc(C(=O)N3CCCC34CCN(C(=O)OC(C(F)(F)F)C(F)(F)F)CC4)c2)CC1.CC(C)(C)OC(=O)C1CCN(C[B-](F)(F)F)CC1.O=C(OC(C(F)(F)F)C(F)(F)F)N1CCC2(CCCN2C(=O)c2cc(Cl)cc(Br)c2)CC1.O=C=O.[K+]. The Balaban J connectivity index is 0.000000320. The number of benzene rings is 2. The van der Waals surface area contributed by atoms with Gasteiger partial charge in [-0.2, -0.15) is 62.3 Å². The number of ether oxygens (including phenoxy) is 3. The summed E-state index contributed by atoms with van der Waals surface area (Å²) in [5.74, 6) is -0.412. The number of amides is 4. The second-order valence-electron chi connectivity index (χ2n) is 26.6. The Kier molecular flexibility index (Phi) is 30.4. The number of hydrogen-bond acceptors (Lipinski definition) is 12. The van der Waals surface area contributed by atoms with E-state index in [0.717, 1.165) is 41.3 Å². The van der Waals surface area contributed by atoms with Crippen LogP contribution in [0.4, 0.5) is 75.2 Å². The molecule has 8 rings (SSSR count). The Morgan fingerprint density at radius 3 is 1.29 bits per heavy atom. The van der Waals surface area contributed by atoms with Crippen LogP contribution in [0, 0.1) is 17.3 Å². The van der Waals surface area contributed by atoms with Crippen LogP contribution in [0.3, 0.4) is 0 Å². The predicted molar refractivity (Wildman–Crippen MR) is 320 cm³/mol. The van der Waals surface area contributed by atoms with Crippen molar-refractivity contribution in [2.24, 2.45) is 17.3 Å². The van der Waals surface area contributed by atoms with Crippen molar-refractivity contribution in [2.75, 3.05) is 71.9 Å². The van der Waals surface area contributed by atoms with Gasteiger partial charge in [0.25, 0.3) is 24.0 Å². The maximum absolute atomic E-state index is 13.8. The second-order valence-corrected chi connectivity index (χ2v) is 28.4. The number of rotatable bonds is 9. The molecule has 4 amide bonds. The van der Waals surface area contributed by atoms with Crippen molar-refractivity contribution in [3.8, 4) is 0 Å². The van der Waals surface area contributed by atoms with Crippen LogP contribution in [0.5, 0.6) is 0 Å². The number of carbonyl (C=O) groups is 5. The number of piperidine rings is 4. The van der Waals surface area contributed by atoms with Gasteiger partial charge in [0.15, 0.2) is 0 Å². The van der Waals surface area contributed by atoms with E-state index in [9.17, 15) is 89.6 Å². The minimum absolute atomic E-state index is 0. The van der Waals surface area contributed by atoms with Gasteiger partial charge < -0.3 is 51.7 Å². The average Bonchev–Trinajstić information content (AvgIpc) is 1.56. The molecule has 2 aromatic rings. The number of alkyl halides is 12. The summed E-state index contributed by atoms with van der Waals surface area (Å²) in [5.41, 5.74) is 0.139. The van der Waals surface area contributed by atoms with E-state index in [-0.39, 0.29) is 139 Å². The molecule has 0 aliphatic carbocycles. The first kappa shape index (κ1) is 84.8. The number of esters is 1. The van der Waals surface area contributed by atoms with E-state index in [1.807, 2.05) is 12.1 Å². The molecule has 0 atom stereocenters. The monoisotopic (exact) mass is 1520 g/mol. The molecule has 536 valence electrons. The number of nitrogens with zero attached hydrogens (tertiary/aromatic N) is 6. The molecule has 96 heavy (non-hydrogen) atoms. The van der Waals surface area contributed by atoms with Gasteiger partial charge in [0.2, 0.25) is 0 Å². The van der Waals surface area contributed by atoms with Crippen LogP contribution in [0.15, 0.2) is 40.9 Å². The molecule has 0 radical (unpaired) electrons. The summed E-state index contributed by atoms with van der Waals surface area (Å²) in [4.78, 5) is 87.9. The van der Waals surface area contributed by atoms with E-state index >= 15 is 0 Å². The van der Waals surface area contributed by atoms with Crippen LogP contribution in [0.25, 0.3) is 0 Å². The van der Waals surface area contributed by atoms with E-state index in [4.69, 9.17) is 37.5 Å². The molecule has 0 aromatic heterocycles. The Morgan fingerprint density at radius 1 is 0.562 bits per heavy atom. The Labute approximate surface area is 607 Å². The standard InChI is InChI=1S/C29H38ClF6N3O3.C19H18BrClF6N2O3.C11H20BF3NO2.CO2.K/c1-26(2,3)21-5-11-37(12-6-21)18-19-15-20(17-22(30)16-19)23(40)39-10-4-7-27(39)8-13-38(14-9-27)25(41)42-24(28(31,32)33)29(34,35)36;20-12-8-11(9-13(21)10-12)14(30)29-5-1-2-17(29)3-6-28(7-4-17)16(31)32-15(18(22,23)24)19(25,26)27;1-11(2,3)18-10(17)9-4-6-16(7-5-9)8-12(13,14)15;2-1-3;/h15-17,21,24H,4-14,18H2,1-3H3;8-10,15H,1-7H2;9H,4-8H2,1-3H3;;/q;;-1;;+1. The molecule has 0 N–H and O–H groups in total. The predicted octanol–water partition coefficient (Wildman–Crippen LogP) is 11.9. The first-order chi connectivity index (χ1) is 43.6. The van der Waals surface area contributed by atoms with Gasteiger partial charge in [-0.1, -0.05) is 59.9 Å². The third kappa shape index (κ3) is 24.9. The molecule has 0 saturated carbocycles. The molecule has 6 aliphatic heterocycles. The van der Waals surface area contributed by atoms with Crippen molar-refractivity contribution in [3.05, 3.63) is 67.6 Å². The average molecular weight is 1530 g/mol. The van der Waals surface area contributed by atoms with Crippen molar-refractivity contribution in [1.29, 1.82) is 0 Å². The fraction of sp³-hybridized carbons (Fsp3) is 0.700. The van der Waals surface area contributed by atoms with Crippen LogP contribution in [-0.2, 0) is 35.1 Å². The van der Waals surface area contributed by atoms with Crippen LogP contribution < -0.4 is 51.4 Å². The summed E-state index contributed by atoms with van der Waals surface area (Å²) < 4.78 is 203. The fourth-order valence-corrected chi connectivity index (χ4v) is 14.0. The van der Waals surface area contributed by atoms with Gasteiger partial charge in [0, 0.05) is 82.5 Å². The van der Waals surface area contributed by atoms with Crippen molar-refractivity contribution in [1.82, 2.24) is 29.4 Å². The van der Waals surface area contributed by atoms with Crippen molar-refractivity contribution >= 4 is 82.2 Å². The van der Waals surface area contributed by atoms with E-state index in [2.05, 4.69) is 51.1 Å². The molecule has 0 unspecified atom stereocenters. The third-order valence-corrected chi connectivity index (χ3v) is 18.4. The molecule has 36 heteroatoms. The summed E-state index contributed by atoms with van der Waals surface area (Å²) in [5, 5.41) is 0.799. The van der Waals surface area contributed by atoms with E-state index < -0.39 is 79.2 Å². The summed E-state index contributed by atoms with van der Waals surface area (Å²) in [7, 11) is 0. The van der Waals surface area contributed by atoms with Crippen molar-refractivity contribution < 1.29 is 165 Å². The number of halogens is 18. The molecule has 0 bridgehead atoms. The Bertz CT molecular complexity index is 2950. The first-order valence-electron chi connectivity index (χ1n) is 30.6. The molecule has 6 saturated heterocycles. The van der Waals surface area contributed by atoms with Gasteiger partial charge in [-0.25, -0.2) is 9.59 Å². The van der Waals surface area contributed by atoms with Crippen molar-refractivity contribution in [2.45, 2.75) is 179 Å². The summed E-state index contributed by atoms with van der Waals surface area (Å²) >= 11 is 15.7. The topological polar surface area (TPSA) is 167 Å². The Morgan fingerprint density at radius 2 is 0.938 bits per heavy atom. The van der Waals surface area contributed by atoms with E-state index in [1.54, 1.807) is 48.8 Å². The quantitative estimate of drug-likeness (QED) is 0.101. The number of hydrogen-bond donors (Lipinski definition) is 0. The van der Waals surface area contributed by atoms with E-state index in [1.165, 1.54) is 11.0 Å². The molecular weight excluding hydrogens is 1450 g/mol. The molecule has 2 spiro atoms. The van der Waals surface area contributed by atoms with Gasteiger partial charge >= 0.3 is 107 Å². The number of likely N-dealkylation sites (tertiary alicyclic amines) is 6. The third-order valence-electron chi connectivity index (χ3n) is 17.5. The molecule has 6 heterocycles. The van der Waals surface area contributed by atoms with Crippen molar-refractivity contribution in [3.63, 3.8) is 0 Å². The van der Waals surface area contributed by atoms with Gasteiger partial charge in [-0.3, -0.25) is 19.3 Å². The summed E-state index contributed by atoms with van der Waals surface area (Å²) in [6.07, 6.45) is -28.9. The van der Waals surface area contributed by atoms with Gasteiger partial charge in [-0.05, 0) is 184 Å².